The van der Waals surface area contributed by atoms with Crippen molar-refractivity contribution < 1.29 is 27.4 Å². The van der Waals surface area contributed by atoms with Crippen LogP contribution in [0.15, 0.2) is 18.2 Å². The van der Waals surface area contributed by atoms with E-state index in [1.807, 2.05) is 0 Å². The van der Waals surface area contributed by atoms with Crippen LogP contribution in [0.1, 0.15) is 49.4 Å². The van der Waals surface area contributed by atoms with E-state index in [4.69, 9.17) is 9.47 Å². The normalized spacial score (nSPS) is 15.7. The molecule has 140 valence electrons. The highest BCUT2D eigenvalue weighted by atomic mass is 19.4. The minimum absolute atomic E-state index is 0.0106. The van der Waals surface area contributed by atoms with Crippen LogP contribution in [-0.4, -0.2) is 31.8 Å². The number of amides is 1. The van der Waals surface area contributed by atoms with Crippen molar-refractivity contribution in [2.45, 2.75) is 45.2 Å². The average Bonchev–Trinajstić information content (AvgIpc) is 2.59. The quantitative estimate of drug-likeness (QED) is 0.788. The molecule has 1 saturated carbocycles. The van der Waals surface area contributed by atoms with Crippen molar-refractivity contribution in [3.8, 4) is 11.5 Å². The lowest BCUT2D eigenvalue weighted by atomic mass is 9.89. The second-order valence-electron chi connectivity index (χ2n) is 6.21. The van der Waals surface area contributed by atoms with Crippen molar-refractivity contribution in [3.63, 3.8) is 0 Å². The molecule has 1 aliphatic rings. The highest BCUT2D eigenvalue weighted by Gasteiger charge is 2.28. The van der Waals surface area contributed by atoms with Gasteiger partial charge in [-0.2, -0.15) is 13.2 Å². The van der Waals surface area contributed by atoms with Gasteiger partial charge in [0.15, 0.2) is 6.61 Å². The van der Waals surface area contributed by atoms with Crippen molar-refractivity contribution in [3.05, 3.63) is 23.8 Å². The largest absolute Gasteiger partial charge is 0.493 e. The van der Waals surface area contributed by atoms with Crippen LogP contribution in [0.25, 0.3) is 0 Å². The third kappa shape index (κ3) is 6.48. The van der Waals surface area contributed by atoms with E-state index in [1.165, 1.54) is 37.5 Å². The summed E-state index contributed by atoms with van der Waals surface area (Å²) < 4.78 is 47.0. The molecule has 1 fully saturated rings. The van der Waals surface area contributed by atoms with Gasteiger partial charge >= 0.3 is 6.18 Å². The monoisotopic (exact) mass is 359 g/mol. The summed E-state index contributed by atoms with van der Waals surface area (Å²) in [4.78, 5) is 12.5. The van der Waals surface area contributed by atoms with Crippen LogP contribution in [0.2, 0.25) is 0 Å². The fourth-order valence-corrected chi connectivity index (χ4v) is 2.95. The number of hydrogen-bond donors (Lipinski definition) is 1. The van der Waals surface area contributed by atoms with Crippen LogP contribution in [0.4, 0.5) is 13.2 Å². The number of carbonyl (C=O) groups excluding carboxylic acids is 1. The molecular weight excluding hydrogens is 335 g/mol. The lowest BCUT2D eigenvalue weighted by molar-refractivity contribution is -0.153. The fraction of sp³-hybridized carbons (Fsp3) is 0.611. The summed E-state index contributed by atoms with van der Waals surface area (Å²) in [6.45, 7) is 1.30. The van der Waals surface area contributed by atoms with Crippen LogP contribution < -0.4 is 14.8 Å². The maximum Gasteiger partial charge on any atom is 0.422 e. The van der Waals surface area contributed by atoms with E-state index < -0.39 is 12.8 Å². The van der Waals surface area contributed by atoms with Crippen molar-refractivity contribution in [2.24, 2.45) is 5.92 Å². The van der Waals surface area contributed by atoms with Crippen molar-refractivity contribution in [1.82, 2.24) is 5.32 Å². The average molecular weight is 359 g/mol. The highest BCUT2D eigenvalue weighted by molar-refractivity contribution is 5.97. The lowest BCUT2D eigenvalue weighted by Gasteiger charge is -2.22. The van der Waals surface area contributed by atoms with Gasteiger partial charge in [-0.1, -0.05) is 19.3 Å². The van der Waals surface area contributed by atoms with E-state index in [0.29, 0.717) is 24.8 Å². The molecule has 0 atom stereocenters. The van der Waals surface area contributed by atoms with Gasteiger partial charge in [0.25, 0.3) is 5.91 Å². The van der Waals surface area contributed by atoms with Crippen LogP contribution in [0.3, 0.4) is 0 Å². The molecule has 0 aromatic heterocycles. The molecular formula is C18H24F3NO3. The summed E-state index contributed by atoms with van der Waals surface area (Å²) in [5.74, 6) is 0.427. The number of alkyl halides is 3. The molecule has 0 radical (unpaired) electrons. The summed E-state index contributed by atoms with van der Waals surface area (Å²) in [6.07, 6.45) is 1.33. The molecule has 0 aliphatic heterocycles. The van der Waals surface area contributed by atoms with Crippen LogP contribution in [-0.2, 0) is 0 Å². The number of ether oxygens (including phenoxy) is 2. The zero-order chi connectivity index (χ0) is 18.3. The van der Waals surface area contributed by atoms with Gasteiger partial charge in [-0.25, -0.2) is 0 Å². The Bertz CT molecular complexity index is 569. The summed E-state index contributed by atoms with van der Waals surface area (Å²) >= 11 is 0. The Hall–Kier alpha value is -1.92. The smallest absolute Gasteiger partial charge is 0.422 e. The summed E-state index contributed by atoms with van der Waals surface area (Å²) in [7, 11) is 0. The van der Waals surface area contributed by atoms with Crippen molar-refractivity contribution in [1.29, 1.82) is 0 Å². The third-order valence-corrected chi connectivity index (χ3v) is 4.17. The Morgan fingerprint density at radius 1 is 1.20 bits per heavy atom. The van der Waals surface area contributed by atoms with Gasteiger partial charge in [0.1, 0.15) is 11.5 Å². The first-order valence-electron chi connectivity index (χ1n) is 8.63. The Morgan fingerprint density at radius 3 is 2.56 bits per heavy atom. The predicted molar refractivity (Wildman–Crippen MR) is 88.1 cm³/mol. The predicted octanol–water partition coefficient (Wildman–Crippen LogP) is 4.34. The number of carbonyl (C=O) groups is 1. The maximum absolute atomic E-state index is 12.5. The van der Waals surface area contributed by atoms with Gasteiger partial charge in [0.2, 0.25) is 0 Å². The van der Waals surface area contributed by atoms with Gasteiger partial charge in [-0.15, -0.1) is 0 Å². The van der Waals surface area contributed by atoms with Crippen LogP contribution >= 0.6 is 0 Å². The molecule has 25 heavy (non-hydrogen) atoms. The number of hydrogen-bond acceptors (Lipinski definition) is 3. The Labute approximate surface area is 145 Å². The Morgan fingerprint density at radius 2 is 1.92 bits per heavy atom. The molecule has 1 aliphatic carbocycles. The second-order valence-corrected chi connectivity index (χ2v) is 6.21. The molecule has 7 heteroatoms. The van der Waals surface area contributed by atoms with Crippen LogP contribution in [0, 0.1) is 5.92 Å². The minimum Gasteiger partial charge on any atom is -0.493 e. The second kappa shape index (κ2) is 8.97. The van der Waals surface area contributed by atoms with E-state index in [1.54, 1.807) is 6.92 Å². The molecule has 1 amide bonds. The van der Waals surface area contributed by atoms with Gasteiger partial charge in [0, 0.05) is 6.54 Å². The SMILES string of the molecule is CCOc1ccc(OCC(F)(F)F)cc1C(=O)NCC1CCCCC1. The van der Waals surface area contributed by atoms with Crippen LogP contribution in [0.5, 0.6) is 11.5 Å². The fourth-order valence-electron chi connectivity index (χ4n) is 2.95. The molecule has 1 aromatic rings. The highest BCUT2D eigenvalue weighted by Crippen LogP contribution is 2.27. The molecule has 1 aromatic carbocycles. The van der Waals surface area contributed by atoms with Crippen molar-refractivity contribution >= 4 is 5.91 Å². The van der Waals surface area contributed by atoms with Gasteiger partial charge in [-0.05, 0) is 43.9 Å². The number of halogens is 3. The maximum atomic E-state index is 12.5. The Balaban J connectivity index is 2.04. The molecule has 0 bridgehead atoms. The number of rotatable bonds is 7. The first-order chi connectivity index (χ1) is 11.9. The Kier molecular flexibility index (Phi) is 6.96. The molecule has 0 spiro atoms. The standard InChI is InChI=1S/C18H24F3NO3/c1-2-24-16-9-8-14(25-12-18(19,20)21)10-15(16)17(23)22-11-13-6-4-3-5-7-13/h8-10,13H,2-7,11-12H2,1H3,(H,22,23). The zero-order valence-electron chi connectivity index (χ0n) is 14.3. The summed E-state index contributed by atoms with van der Waals surface area (Å²) in [5, 5.41) is 2.87. The van der Waals surface area contributed by atoms with E-state index in [9.17, 15) is 18.0 Å². The number of nitrogens with one attached hydrogen (secondary N) is 1. The third-order valence-electron chi connectivity index (χ3n) is 4.17. The summed E-state index contributed by atoms with van der Waals surface area (Å²) in [6, 6.07) is 4.13. The molecule has 1 N–H and O–H groups in total. The summed E-state index contributed by atoms with van der Waals surface area (Å²) in [5.41, 5.74) is 0.192. The van der Waals surface area contributed by atoms with E-state index in [-0.39, 0.29) is 17.2 Å². The minimum atomic E-state index is -4.43. The molecule has 0 saturated heterocycles. The molecule has 0 heterocycles. The number of benzene rings is 1. The van der Waals surface area contributed by atoms with Gasteiger partial charge in [-0.3, -0.25) is 4.79 Å². The van der Waals surface area contributed by atoms with Gasteiger partial charge < -0.3 is 14.8 Å². The van der Waals surface area contributed by atoms with E-state index in [2.05, 4.69) is 5.32 Å². The van der Waals surface area contributed by atoms with E-state index in [0.717, 1.165) is 12.8 Å². The lowest BCUT2D eigenvalue weighted by Crippen LogP contribution is -2.30. The topological polar surface area (TPSA) is 47.6 Å². The van der Waals surface area contributed by atoms with Gasteiger partial charge in [0.05, 0.1) is 12.2 Å². The first kappa shape index (κ1) is 19.4. The van der Waals surface area contributed by atoms with E-state index >= 15 is 0 Å². The molecule has 2 rings (SSSR count). The molecule has 4 nitrogen and oxygen atoms in total. The van der Waals surface area contributed by atoms with Crippen molar-refractivity contribution in [2.75, 3.05) is 19.8 Å². The molecule has 0 unspecified atom stereocenters. The zero-order valence-corrected chi connectivity index (χ0v) is 14.3. The first-order valence-corrected chi connectivity index (χ1v) is 8.63.